The van der Waals surface area contributed by atoms with E-state index in [1.807, 2.05) is 22.7 Å². The first-order chi connectivity index (χ1) is 8.38. The van der Waals surface area contributed by atoms with Crippen LogP contribution in [0.3, 0.4) is 0 Å². The minimum Gasteiger partial charge on any atom is -0.492 e. The number of hydrogen-bond acceptors (Lipinski definition) is 6. The van der Waals surface area contributed by atoms with Gasteiger partial charge in [-0.3, -0.25) is 15.4 Å². The van der Waals surface area contributed by atoms with Crippen LogP contribution in [0, 0.1) is 0 Å². The molecule has 0 radical (unpaired) electrons. The van der Waals surface area contributed by atoms with Gasteiger partial charge in [0, 0.05) is 0 Å². The molecule has 1 aromatic heterocycles. The molecular weight excluding hydrogens is 236 g/mol. The third kappa shape index (κ3) is 1.80. The number of hydrogen-bond donors (Lipinski definition) is 1. The van der Waals surface area contributed by atoms with Crippen LogP contribution in [-0.4, -0.2) is 36.5 Å². The smallest absolute Gasteiger partial charge is 0.170 e. The van der Waals surface area contributed by atoms with Crippen LogP contribution in [0.1, 0.15) is 0 Å². The van der Waals surface area contributed by atoms with Crippen LogP contribution in [-0.2, 0) is 0 Å². The average Bonchev–Trinajstić information content (AvgIpc) is 2.98. The summed E-state index contributed by atoms with van der Waals surface area (Å²) in [6.45, 7) is 1.70. The summed E-state index contributed by atoms with van der Waals surface area (Å²) in [6, 6.07) is 4.05. The molecule has 1 aromatic carbocycles. The number of nitrogens with one attached hydrogen (secondary N) is 1. The third-order valence-corrected chi connectivity index (χ3v) is 3.41. The maximum atomic E-state index is 5.44. The van der Waals surface area contributed by atoms with Gasteiger partial charge in [0.05, 0.1) is 36.1 Å². The first-order valence-electron chi connectivity index (χ1n) is 5.32. The summed E-state index contributed by atoms with van der Waals surface area (Å²) in [5.74, 6) is 0.782. The molecule has 88 valence electrons. The van der Waals surface area contributed by atoms with Crippen molar-refractivity contribution < 1.29 is 4.74 Å². The van der Waals surface area contributed by atoms with E-state index in [-0.39, 0.29) is 0 Å². The summed E-state index contributed by atoms with van der Waals surface area (Å²) in [4.78, 5) is 8.48. The average molecular weight is 248 g/mol. The summed E-state index contributed by atoms with van der Waals surface area (Å²) < 4.78 is 6.57. The summed E-state index contributed by atoms with van der Waals surface area (Å²) in [7, 11) is 1.66. The fourth-order valence-electron chi connectivity index (χ4n) is 1.82. The van der Waals surface area contributed by atoms with E-state index in [4.69, 9.17) is 4.74 Å². The van der Waals surface area contributed by atoms with Crippen LogP contribution in [0.5, 0.6) is 5.75 Å². The second-order valence-corrected chi connectivity index (χ2v) is 4.56. The van der Waals surface area contributed by atoms with Crippen LogP contribution in [0.4, 0.5) is 5.69 Å². The number of fused-ring (bicyclic) bond motifs is 1. The lowest BCUT2D eigenvalue weighted by molar-refractivity contribution is 0.417. The van der Waals surface area contributed by atoms with E-state index in [0.717, 1.165) is 34.7 Å². The van der Waals surface area contributed by atoms with Gasteiger partial charge in [0.15, 0.2) is 5.75 Å². The van der Waals surface area contributed by atoms with Crippen molar-refractivity contribution in [1.82, 2.24) is 9.99 Å². The van der Waals surface area contributed by atoms with Crippen molar-refractivity contribution in [2.24, 2.45) is 4.99 Å². The van der Waals surface area contributed by atoms with Crippen LogP contribution >= 0.6 is 11.3 Å². The largest absolute Gasteiger partial charge is 0.492 e. The normalized spacial score (nSPS) is 14.5. The summed E-state index contributed by atoms with van der Waals surface area (Å²) >= 11 is 1.61. The number of anilines is 1. The molecule has 0 saturated heterocycles. The molecule has 5 nitrogen and oxygen atoms in total. The van der Waals surface area contributed by atoms with Crippen molar-refractivity contribution in [1.29, 1.82) is 0 Å². The zero-order valence-corrected chi connectivity index (χ0v) is 10.2. The van der Waals surface area contributed by atoms with Gasteiger partial charge < -0.3 is 4.74 Å². The van der Waals surface area contributed by atoms with Gasteiger partial charge in [0.25, 0.3) is 0 Å². The highest BCUT2D eigenvalue weighted by atomic mass is 32.1. The molecule has 0 amide bonds. The molecule has 1 aliphatic heterocycles. The fraction of sp³-hybridized carbons (Fsp3) is 0.273. The molecule has 1 aliphatic rings. The number of nitrogens with zero attached hydrogens (tertiary/aromatic N) is 3. The summed E-state index contributed by atoms with van der Waals surface area (Å²) in [5, 5.41) is 1.94. The molecular formula is C11H12N4OS. The Morgan fingerprint density at radius 3 is 3.18 bits per heavy atom. The van der Waals surface area contributed by atoms with E-state index in [1.165, 1.54) is 0 Å². The quantitative estimate of drug-likeness (QED) is 0.902. The second kappa shape index (κ2) is 4.21. The number of thiazole rings is 1. The van der Waals surface area contributed by atoms with Crippen LogP contribution in [0.2, 0.25) is 0 Å². The van der Waals surface area contributed by atoms with Crippen molar-refractivity contribution in [3.05, 3.63) is 17.6 Å². The molecule has 3 rings (SSSR count). The first kappa shape index (κ1) is 10.3. The molecule has 0 spiro atoms. The van der Waals surface area contributed by atoms with Gasteiger partial charge in [-0.2, -0.15) is 0 Å². The highest BCUT2D eigenvalue weighted by Crippen LogP contribution is 2.34. The van der Waals surface area contributed by atoms with Crippen LogP contribution < -0.4 is 10.2 Å². The Bertz CT molecular complexity index is 566. The van der Waals surface area contributed by atoms with Crippen molar-refractivity contribution in [3.8, 4) is 5.75 Å². The topological polar surface area (TPSA) is 49.8 Å². The Balaban J connectivity index is 1.99. The Morgan fingerprint density at radius 1 is 1.47 bits per heavy atom. The molecule has 0 saturated carbocycles. The van der Waals surface area contributed by atoms with Gasteiger partial charge in [-0.05, 0) is 12.1 Å². The van der Waals surface area contributed by atoms with E-state index >= 15 is 0 Å². The van der Waals surface area contributed by atoms with Gasteiger partial charge in [-0.1, -0.05) is 0 Å². The number of aromatic nitrogens is 1. The number of benzene rings is 1. The zero-order chi connectivity index (χ0) is 11.7. The number of ether oxygens (including phenoxy) is 1. The van der Waals surface area contributed by atoms with Gasteiger partial charge in [0.2, 0.25) is 0 Å². The van der Waals surface area contributed by atoms with E-state index in [9.17, 15) is 0 Å². The first-order valence-corrected chi connectivity index (χ1v) is 6.20. The molecule has 0 aliphatic carbocycles. The summed E-state index contributed by atoms with van der Waals surface area (Å²) in [5.41, 5.74) is 6.91. The van der Waals surface area contributed by atoms with Crippen molar-refractivity contribution >= 4 is 33.6 Å². The Morgan fingerprint density at radius 2 is 2.41 bits per heavy atom. The van der Waals surface area contributed by atoms with E-state index in [2.05, 4.69) is 15.4 Å². The monoisotopic (exact) mass is 248 g/mol. The zero-order valence-electron chi connectivity index (χ0n) is 9.38. The van der Waals surface area contributed by atoms with Crippen LogP contribution in [0.15, 0.2) is 22.6 Å². The molecule has 0 fully saturated rings. The van der Waals surface area contributed by atoms with Gasteiger partial charge in [-0.15, -0.1) is 11.3 Å². The molecule has 2 aromatic rings. The molecule has 0 atom stereocenters. The van der Waals surface area contributed by atoms with Gasteiger partial charge in [-0.25, -0.2) is 4.98 Å². The fourth-order valence-corrected chi connectivity index (χ4v) is 2.50. The van der Waals surface area contributed by atoms with E-state index in [0.29, 0.717) is 0 Å². The maximum Gasteiger partial charge on any atom is 0.170 e. The molecule has 0 unspecified atom stereocenters. The molecule has 17 heavy (non-hydrogen) atoms. The minimum absolute atomic E-state index is 0.782. The third-order valence-electron chi connectivity index (χ3n) is 2.62. The Kier molecular flexibility index (Phi) is 2.56. The standard InChI is InChI=1S/C11H12N4OS/c1-16-11-8(14-15-5-4-12-6-15)2-3-9-10(11)13-7-17-9/h2-3,6-7,14H,4-5H2,1H3. The SMILES string of the molecule is COc1c(NN2C=NCC2)ccc2scnc12. The lowest BCUT2D eigenvalue weighted by Gasteiger charge is -2.18. The van der Waals surface area contributed by atoms with Crippen LogP contribution in [0.25, 0.3) is 10.2 Å². The second-order valence-electron chi connectivity index (χ2n) is 3.67. The lowest BCUT2D eigenvalue weighted by atomic mass is 10.2. The lowest BCUT2D eigenvalue weighted by Crippen LogP contribution is -2.26. The van der Waals surface area contributed by atoms with E-state index < -0.39 is 0 Å². The van der Waals surface area contributed by atoms with Gasteiger partial charge >= 0.3 is 0 Å². The predicted molar refractivity (Wildman–Crippen MR) is 69.9 cm³/mol. The predicted octanol–water partition coefficient (Wildman–Crippen LogP) is 1.98. The number of methoxy groups -OCH3 is 1. The molecule has 6 heteroatoms. The number of hydrazine groups is 1. The van der Waals surface area contributed by atoms with Gasteiger partial charge in [0.1, 0.15) is 11.9 Å². The van der Waals surface area contributed by atoms with Crippen molar-refractivity contribution in [2.75, 3.05) is 25.6 Å². The van der Waals surface area contributed by atoms with E-state index in [1.54, 1.807) is 24.8 Å². The number of aliphatic imine (C=N–C) groups is 1. The Labute approximate surface area is 103 Å². The minimum atomic E-state index is 0.782. The summed E-state index contributed by atoms with van der Waals surface area (Å²) in [6.07, 6.45) is 1.80. The maximum absolute atomic E-state index is 5.44. The highest BCUT2D eigenvalue weighted by molar-refractivity contribution is 7.16. The Hall–Kier alpha value is -1.82. The van der Waals surface area contributed by atoms with Crippen molar-refractivity contribution in [2.45, 2.75) is 0 Å². The molecule has 2 heterocycles. The molecule has 1 N–H and O–H groups in total. The molecule has 0 bridgehead atoms. The number of rotatable bonds is 3. The van der Waals surface area contributed by atoms with Crippen molar-refractivity contribution in [3.63, 3.8) is 0 Å². The highest BCUT2D eigenvalue weighted by Gasteiger charge is 2.13.